The summed E-state index contributed by atoms with van der Waals surface area (Å²) in [6, 6.07) is 32.5. The maximum atomic E-state index is 14.3. The van der Waals surface area contributed by atoms with Gasteiger partial charge in [0, 0.05) is 11.5 Å². The number of fused-ring (bicyclic) bond motifs is 3. The molecular formula is C43H38O2. The van der Waals surface area contributed by atoms with Crippen LogP contribution in [0.2, 0.25) is 0 Å². The molecule has 5 aromatic carbocycles. The Balaban J connectivity index is 1.51. The highest BCUT2D eigenvalue weighted by Crippen LogP contribution is 2.55. The molecule has 0 spiro atoms. The lowest BCUT2D eigenvalue weighted by molar-refractivity contribution is -0.133. The maximum absolute atomic E-state index is 14.3. The summed E-state index contributed by atoms with van der Waals surface area (Å²) in [7, 11) is 1.54. The molecule has 45 heavy (non-hydrogen) atoms. The molecule has 2 nitrogen and oxygen atoms in total. The topological polar surface area (TPSA) is 26.3 Å². The second kappa shape index (κ2) is 11.0. The minimum atomic E-state index is -0.235. The van der Waals surface area contributed by atoms with Crippen LogP contribution in [0.4, 0.5) is 0 Å². The molecule has 1 unspecified atom stereocenters. The van der Waals surface area contributed by atoms with Gasteiger partial charge in [-0.05, 0) is 111 Å². The Hall–Kier alpha value is -4.69. The highest BCUT2D eigenvalue weighted by atomic mass is 16.5. The van der Waals surface area contributed by atoms with E-state index in [9.17, 15) is 4.79 Å². The second-order valence-corrected chi connectivity index (χ2v) is 12.8. The Morgan fingerprint density at radius 2 is 1.42 bits per heavy atom. The van der Waals surface area contributed by atoms with E-state index in [1.54, 1.807) is 12.7 Å². The molecule has 222 valence electrons. The van der Waals surface area contributed by atoms with E-state index in [1.807, 2.05) is 0 Å². The van der Waals surface area contributed by atoms with Gasteiger partial charge in [-0.2, -0.15) is 0 Å². The largest absolute Gasteiger partial charge is 0.465 e. The van der Waals surface area contributed by atoms with Crippen molar-refractivity contribution >= 4 is 43.9 Å². The lowest BCUT2D eigenvalue weighted by Crippen LogP contribution is -2.15. The number of allylic oxidation sites excluding steroid dienone is 7. The van der Waals surface area contributed by atoms with Crippen LogP contribution in [0, 0.1) is 11.8 Å². The van der Waals surface area contributed by atoms with Gasteiger partial charge in [-0.15, -0.1) is 0 Å². The minimum Gasteiger partial charge on any atom is -0.465 e. The van der Waals surface area contributed by atoms with Gasteiger partial charge >= 0.3 is 5.97 Å². The van der Waals surface area contributed by atoms with Gasteiger partial charge in [0.15, 0.2) is 0 Å². The summed E-state index contributed by atoms with van der Waals surface area (Å²) in [5, 5.41) is 6.96. The summed E-state index contributed by atoms with van der Waals surface area (Å²) in [4.78, 5) is 14.3. The molecule has 0 aromatic heterocycles. The molecule has 3 aliphatic rings. The third kappa shape index (κ3) is 4.34. The van der Waals surface area contributed by atoms with Crippen molar-refractivity contribution in [1.29, 1.82) is 0 Å². The van der Waals surface area contributed by atoms with E-state index < -0.39 is 0 Å². The third-order valence-electron chi connectivity index (χ3n) is 10.4. The van der Waals surface area contributed by atoms with Gasteiger partial charge in [0.05, 0.1) is 12.7 Å². The fourth-order valence-corrected chi connectivity index (χ4v) is 8.34. The molecule has 8 rings (SSSR count). The Morgan fingerprint density at radius 3 is 2.07 bits per heavy atom. The van der Waals surface area contributed by atoms with E-state index in [-0.39, 0.29) is 5.97 Å². The number of esters is 1. The summed E-state index contributed by atoms with van der Waals surface area (Å²) in [6.07, 6.45) is 10.1. The number of carbonyl (C=O) groups is 1. The summed E-state index contributed by atoms with van der Waals surface area (Å²) >= 11 is 0. The summed E-state index contributed by atoms with van der Waals surface area (Å²) in [5.74, 6) is 0.465. The minimum absolute atomic E-state index is 0.235. The smallest absolute Gasteiger partial charge is 0.338 e. The molecule has 2 heteroatoms. The zero-order valence-corrected chi connectivity index (χ0v) is 26.3. The number of rotatable bonds is 6. The Morgan fingerprint density at radius 1 is 0.800 bits per heavy atom. The van der Waals surface area contributed by atoms with Crippen molar-refractivity contribution < 1.29 is 9.53 Å². The molecule has 0 saturated heterocycles. The van der Waals surface area contributed by atoms with Gasteiger partial charge in [0.25, 0.3) is 0 Å². The number of hydrogen-bond donors (Lipinski definition) is 0. The average molecular weight is 587 g/mol. The molecule has 1 atom stereocenters. The zero-order valence-electron chi connectivity index (χ0n) is 26.3. The predicted molar refractivity (Wildman–Crippen MR) is 188 cm³/mol. The van der Waals surface area contributed by atoms with Crippen LogP contribution in [0.25, 0.3) is 49.0 Å². The van der Waals surface area contributed by atoms with Gasteiger partial charge in [-0.25, -0.2) is 4.79 Å². The van der Waals surface area contributed by atoms with Gasteiger partial charge < -0.3 is 4.74 Å². The van der Waals surface area contributed by atoms with Gasteiger partial charge in [-0.1, -0.05) is 116 Å². The standard InChI is InChI=1S/C43H38O2/c1-4-29-32-18-8-7-16-30(32)26(2)38(29)39(28-24-25-28)42(43(44)45-3)41-36-21-11-9-19-34(36)40(35-20-10-12-22-37(35)41)33-23-13-15-27-14-5-6-17-31(27)33/h5-7,9-17,19-23,28-29H,4,8,18,24-25H2,1-3H3/b42-39-. The maximum Gasteiger partial charge on any atom is 0.338 e. The lowest BCUT2D eigenvalue weighted by atomic mass is 9.78. The highest BCUT2D eigenvalue weighted by Gasteiger charge is 2.41. The van der Waals surface area contributed by atoms with Crippen LogP contribution in [-0.2, 0) is 9.53 Å². The van der Waals surface area contributed by atoms with E-state index in [2.05, 4.69) is 117 Å². The monoisotopic (exact) mass is 586 g/mol. The van der Waals surface area contributed by atoms with Crippen molar-refractivity contribution in [3.63, 3.8) is 0 Å². The first-order valence-corrected chi connectivity index (χ1v) is 16.5. The summed E-state index contributed by atoms with van der Waals surface area (Å²) in [5.41, 5.74) is 11.1. The van der Waals surface area contributed by atoms with Crippen LogP contribution in [0.15, 0.2) is 131 Å². The van der Waals surface area contributed by atoms with Crippen LogP contribution in [0.3, 0.4) is 0 Å². The van der Waals surface area contributed by atoms with Crippen molar-refractivity contribution in [2.45, 2.75) is 46.0 Å². The summed E-state index contributed by atoms with van der Waals surface area (Å²) in [6.45, 7) is 4.59. The third-order valence-corrected chi connectivity index (χ3v) is 10.4. The molecule has 0 radical (unpaired) electrons. The van der Waals surface area contributed by atoms with Crippen molar-refractivity contribution in [3.8, 4) is 11.1 Å². The van der Waals surface area contributed by atoms with Gasteiger partial charge in [-0.3, -0.25) is 0 Å². The molecule has 0 bridgehead atoms. The van der Waals surface area contributed by atoms with E-state index in [1.165, 1.54) is 44.2 Å². The molecular weight excluding hydrogens is 548 g/mol. The molecule has 1 saturated carbocycles. The molecule has 5 aromatic rings. The Bertz CT molecular complexity index is 2100. The molecule has 3 aliphatic carbocycles. The molecule has 0 N–H and O–H groups in total. The zero-order chi connectivity index (χ0) is 30.7. The molecule has 1 fully saturated rings. The Kier molecular flexibility index (Phi) is 6.82. The lowest BCUT2D eigenvalue weighted by Gasteiger charge is -2.25. The van der Waals surface area contributed by atoms with E-state index in [4.69, 9.17) is 4.74 Å². The molecule has 0 amide bonds. The second-order valence-electron chi connectivity index (χ2n) is 12.8. The first-order chi connectivity index (χ1) is 22.1. The average Bonchev–Trinajstić information content (AvgIpc) is 3.89. The van der Waals surface area contributed by atoms with Crippen LogP contribution >= 0.6 is 0 Å². The van der Waals surface area contributed by atoms with Crippen LogP contribution in [0.1, 0.15) is 51.5 Å². The first-order valence-electron chi connectivity index (χ1n) is 16.5. The number of hydrogen-bond acceptors (Lipinski definition) is 2. The molecule has 0 aliphatic heterocycles. The van der Waals surface area contributed by atoms with Crippen molar-refractivity contribution in [3.05, 3.63) is 137 Å². The quantitative estimate of drug-likeness (QED) is 0.112. The van der Waals surface area contributed by atoms with E-state index in [0.717, 1.165) is 64.8 Å². The van der Waals surface area contributed by atoms with Crippen LogP contribution in [-0.4, -0.2) is 13.1 Å². The fourth-order valence-electron chi connectivity index (χ4n) is 8.34. The first kappa shape index (κ1) is 27.8. The van der Waals surface area contributed by atoms with E-state index in [0.29, 0.717) is 11.8 Å². The van der Waals surface area contributed by atoms with Crippen molar-refractivity contribution in [2.75, 3.05) is 7.11 Å². The van der Waals surface area contributed by atoms with Crippen molar-refractivity contribution in [1.82, 2.24) is 0 Å². The number of benzene rings is 5. The van der Waals surface area contributed by atoms with E-state index >= 15 is 0 Å². The van der Waals surface area contributed by atoms with Crippen LogP contribution < -0.4 is 0 Å². The number of methoxy groups -OCH3 is 1. The fraction of sp³-hybridized carbons (Fsp3) is 0.233. The van der Waals surface area contributed by atoms with Gasteiger partial charge in [0.2, 0.25) is 0 Å². The van der Waals surface area contributed by atoms with Gasteiger partial charge in [0.1, 0.15) is 0 Å². The SMILES string of the molecule is CCC1C2=C(C=CCC2)C(C)=C1/C(=C(\C(=O)OC)c1c2ccccc2c(-c2cccc3ccccc23)c2ccccc12)C1CC1. The Labute approximate surface area is 265 Å². The number of carbonyl (C=O) groups excluding carboxylic acids is 1. The van der Waals surface area contributed by atoms with Crippen molar-refractivity contribution in [2.24, 2.45) is 11.8 Å². The van der Waals surface area contributed by atoms with Crippen LogP contribution in [0.5, 0.6) is 0 Å². The predicted octanol–water partition coefficient (Wildman–Crippen LogP) is 11.2. The normalized spacial score (nSPS) is 18.6. The molecule has 0 heterocycles. The highest BCUT2D eigenvalue weighted by molar-refractivity contribution is 6.30. The number of ether oxygens (including phenoxy) is 1. The summed E-state index contributed by atoms with van der Waals surface area (Å²) < 4.78 is 5.73.